The second-order valence-electron chi connectivity index (χ2n) is 3.33. The van der Waals surface area contributed by atoms with Gasteiger partial charge in [-0.3, -0.25) is 0 Å². The molecule has 0 aromatic carbocycles. The predicted octanol–water partition coefficient (Wildman–Crippen LogP) is -3.76. The first-order valence-electron chi connectivity index (χ1n) is 5.35. The van der Waals surface area contributed by atoms with Crippen LogP contribution in [-0.2, 0) is 14.9 Å². The average molecular weight is 314 g/mol. The standard InChI is InChI=1S/C8H16N6O4S.Na/c1-3-9-6-12-7(10-4-18-2)14-8(13-6)11-5-19(15,16)17;/h3-5H2,1-2H3,(H,15,16,17)(H3,9,10,11,12,13,14);/q;+1/p-1. The van der Waals surface area contributed by atoms with Gasteiger partial charge in [-0.05, 0) is 6.92 Å². The average Bonchev–Trinajstić information content (AvgIpc) is 2.33. The van der Waals surface area contributed by atoms with Crippen molar-refractivity contribution in [1.82, 2.24) is 15.0 Å². The van der Waals surface area contributed by atoms with Gasteiger partial charge in [-0.25, -0.2) is 8.42 Å². The molecule has 12 heteroatoms. The van der Waals surface area contributed by atoms with Gasteiger partial charge in [0.25, 0.3) is 0 Å². The third-order valence-electron chi connectivity index (χ3n) is 1.75. The Kier molecular flexibility index (Phi) is 8.93. The van der Waals surface area contributed by atoms with Crippen molar-refractivity contribution in [3.8, 4) is 0 Å². The zero-order valence-electron chi connectivity index (χ0n) is 11.5. The Hall–Kier alpha value is -0.720. The van der Waals surface area contributed by atoms with Crippen LogP contribution < -0.4 is 45.5 Å². The molecule has 0 bridgehead atoms. The Morgan fingerprint density at radius 1 is 1.10 bits per heavy atom. The van der Waals surface area contributed by atoms with E-state index in [4.69, 9.17) is 4.74 Å². The zero-order valence-corrected chi connectivity index (χ0v) is 14.3. The first-order valence-corrected chi connectivity index (χ1v) is 6.92. The van der Waals surface area contributed by atoms with Crippen LogP contribution in [0.1, 0.15) is 6.92 Å². The van der Waals surface area contributed by atoms with Gasteiger partial charge in [-0.1, -0.05) is 0 Å². The van der Waals surface area contributed by atoms with Gasteiger partial charge in [0.05, 0.1) is 0 Å². The molecule has 0 saturated heterocycles. The van der Waals surface area contributed by atoms with E-state index in [-0.39, 0.29) is 54.1 Å². The molecule has 0 aliphatic rings. The maximum atomic E-state index is 10.5. The Morgan fingerprint density at radius 3 is 2.05 bits per heavy atom. The van der Waals surface area contributed by atoms with Gasteiger partial charge in [-0.15, -0.1) is 0 Å². The van der Waals surface area contributed by atoms with Gasteiger partial charge in [0, 0.05) is 13.7 Å². The summed E-state index contributed by atoms with van der Waals surface area (Å²) in [4.78, 5) is 11.8. The van der Waals surface area contributed by atoms with Gasteiger partial charge in [-0.2, -0.15) is 15.0 Å². The molecule has 0 unspecified atom stereocenters. The molecule has 1 rings (SSSR count). The quantitative estimate of drug-likeness (QED) is 0.249. The summed E-state index contributed by atoms with van der Waals surface area (Å²) in [6.07, 6.45) is 0. The molecule has 20 heavy (non-hydrogen) atoms. The van der Waals surface area contributed by atoms with Crippen molar-refractivity contribution in [3.05, 3.63) is 0 Å². The van der Waals surface area contributed by atoms with Crippen molar-refractivity contribution in [2.75, 3.05) is 42.2 Å². The molecule has 3 N–H and O–H groups in total. The third-order valence-corrected chi connectivity index (χ3v) is 2.25. The summed E-state index contributed by atoms with van der Waals surface area (Å²) >= 11 is 0. The summed E-state index contributed by atoms with van der Waals surface area (Å²) in [5, 5.41) is 7.91. The van der Waals surface area contributed by atoms with E-state index in [9.17, 15) is 13.0 Å². The largest absolute Gasteiger partial charge is 1.00 e. The van der Waals surface area contributed by atoms with Crippen LogP contribution in [-0.4, -0.2) is 54.2 Å². The fraction of sp³-hybridized carbons (Fsp3) is 0.625. The summed E-state index contributed by atoms with van der Waals surface area (Å²) in [7, 11) is -2.92. The monoisotopic (exact) mass is 314 g/mol. The van der Waals surface area contributed by atoms with Crippen LogP contribution in [0.15, 0.2) is 0 Å². The van der Waals surface area contributed by atoms with Crippen LogP contribution in [0.25, 0.3) is 0 Å². The minimum absolute atomic E-state index is 0. The van der Waals surface area contributed by atoms with Gasteiger partial charge >= 0.3 is 29.6 Å². The number of hydrogen-bond donors (Lipinski definition) is 3. The topological polar surface area (TPSA) is 141 Å². The number of rotatable bonds is 8. The van der Waals surface area contributed by atoms with E-state index in [0.29, 0.717) is 6.54 Å². The molecule has 108 valence electrons. The molecule has 0 atom stereocenters. The summed E-state index contributed by atoms with van der Waals surface area (Å²) in [5.41, 5.74) is 0. The molecule has 0 amide bonds. The smallest absolute Gasteiger partial charge is 0.747 e. The number of nitrogens with zero attached hydrogens (tertiary/aromatic N) is 3. The number of ether oxygens (including phenoxy) is 1. The predicted molar refractivity (Wildman–Crippen MR) is 67.7 cm³/mol. The van der Waals surface area contributed by atoms with Gasteiger partial charge in [0.2, 0.25) is 17.8 Å². The second kappa shape index (κ2) is 9.26. The number of nitrogens with one attached hydrogen (secondary N) is 3. The Labute approximate surface area is 139 Å². The van der Waals surface area contributed by atoms with Gasteiger partial charge in [0.1, 0.15) is 22.7 Å². The number of aromatic nitrogens is 3. The summed E-state index contributed by atoms with van der Waals surface area (Å²) in [5.74, 6) is -0.378. The van der Waals surface area contributed by atoms with Crippen LogP contribution >= 0.6 is 0 Å². The molecular weight excluding hydrogens is 299 g/mol. The molecule has 0 aliphatic carbocycles. The van der Waals surface area contributed by atoms with Crippen molar-refractivity contribution in [3.63, 3.8) is 0 Å². The van der Waals surface area contributed by atoms with E-state index in [1.54, 1.807) is 0 Å². The molecule has 0 spiro atoms. The fourth-order valence-corrected chi connectivity index (χ4v) is 1.37. The van der Waals surface area contributed by atoms with Crippen LogP contribution in [0.3, 0.4) is 0 Å². The van der Waals surface area contributed by atoms with E-state index in [1.807, 2.05) is 6.92 Å². The minimum Gasteiger partial charge on any atom is -0.747 e. The first-order chi connectivity index (χ1) is 8.94. The van der Waals surface area contributed by atoms with Gasteiger partial charge in [0.15, 0.2) is 0 Å². The van der Waals surface area contributed by atoms with E-state index in [1.165, 1.54) is 7.11 Å². The first kappa shape index (κ1) is 19.3. The van der Waals surface area contributed by atoms with E-state index >= 15 is 0 Å². The normalized spacial score (nSPS) is 10.6. The number of anilines is 3. The van der Waals surface area contributed by atoms with E-state index in [2.05, 4.69) is 30.9 Å². The molecule has 0 radical (unpaired) electrons. The van der Waals surface area contributed by atoms with Crippen molar-refractivity contribution in [2.45, 2.75) is 6.92 Å². The van der Waals surface area contributed by atoms with E-state index in [0.717, 1.165) is 0 Å². The molecule has 1 aromatic rings. The molecule has 0 aliphatic heterocycles. The van der Waals surface area contributed by atoms with Crippen LogP contribution in [0.4, 0.5) is 17.8 Å². The second-order valence-corrected chi connectivity index (χ2v) is 4.73. The molecular formula is C8H15N6NaO4S. The van der Waals surface area contributed by atoms with Crippen LogP contribution in [0, 0.1) is 0 Å². The maximum Gasteiger partial charge on any atom is 1.00 e. The van der Waals surface area contributed by atoms with Crippen molar-refractivity contribution >= 4 is 28.0 Å². The van der Waals surface area contributed by atoms with Crippen molar-refractivity contribution < 1.29 is 47.3 Å². The molecule has 0 saturated carbocycles. The maximum absolute atomic E-state index is 10.5. The Balaban J connectivity index is 0.00000361. The number of methoxy groups -OCH3 is 1. The summed E-state index contributed by atoms with van der Waals surface area (Å²) in [6.45, 7) is 2.60. The molecule has 1 heterocycles. The Bertz CT molecular complexity index is 514. The van der Waals surface area contributed by atoms with Crippen LogP contribution in [0.5, 0.6) is 0 Å². The van der Waals surface area contributed by atoms with Crippen LogP contribution in [0.2, 0.25) is 0 Å². The van der Waals surface area contributed by atoms with Crippen molar-refractivity contribution in [1.29, 1.82) is 0 Å². The summed E-state index contributed by atoms with van der Waals surface area (Å²) in [6, 6.07) is 0. The third kappa shape index (κ3) is 7.77. The SMILES string of the molecule is CCNc1nc(NCOC)nc(NCS(=O)(=O)[O-])n1.[Na+]. The summed E-state index contributed by atoms with van der Waals surface area (Å²) < 4.78 is 36.4. The van der Waals surface area contributed by atoms with Gasteiger partial charge < -0.3 is 25.2 Å². The molecule has 10 nitrogen and oxygen atoms in total. The Morgan fingerprint density at radius 2 is 1.60 bits per heavy atom. The molecule has 1 aromatic heterocycles. The zero-order chi connectivity index (χ0) is 14.3. The minimum atomic E-state index is -4.40. The fourth-order valence-electron chi connectivity index (χ4n) is 1.06. The van der Waals surface area contributed by atoms with E-state index < -0.39 is 16.0 Å². The number of hydrogen-bond acceptors (Lipinski definition) is 10. The van der Waals surface area contributed by atoms with Crippen molar-refractivity contribution in [2.24, 2.45) is 0 Å². The molecule has 0 fully saturated rings.